The van der Waals surface area contributed by atoms with E-state index < -0.39 is 20.2 Å². The van der Waals surface area contributed by atoms with Crippen LogP contribution in [0.5, 0.6) is 0 Å². The van der Waals surface area contributed by atoms with Gasteiger partial charge in [-0.1, -0.05) is 111 Å². The van der Waals surface area contributed by atoms with Gasteiger partial charge in [-0.25, -0.2) is 4.39 Å². The van der Waals surface area contributed by atoms with Crippen LogP contribution in [0.3, 0.4) is 0 Å². The summed E-state index contributed by atoms with van der Waals surface area (Å²) in [7, 11) is -2.73. The molecule has 0 spiro atoms. The topological polar surface area (TPSA) is 29.5 Å². The van der Waals surface area contributed by atoms with Crippen molar-refractivity contribution in [2.45, 2.75) is 38.8 Å². The molecule has 3 rings (SSSR count). The summed E-state index contributed by atoms with van der Waals surface area (Å²) in [5.41, 5.74) is 1.60. The maximum absolute atomic E-state index is 14.8. The number of aliphatic hydroxyl groups is 1. The molecule has 0 bridgehead atoms. The third kappa shape index (κ3) is 5.04. The van der Waals surface area contributed by atoms with Gasteiger partial charge in [0.25, 0.3) is 8.32 Å². The maximum Gasteiger partial charge on any atom is 0.261 e. The lowest BCUT2D eigenvalue weighted by Gasteiger charge is -2.42. The molecule has 3 aromatic rings. The SMILES string of the molecule is Cc1ccc(C(O)/C(F)=C\CO[Si](c2ccccc2)(c2ccccc2)C(C)(C)C)cc1. The first-order chi connectivity index (χ1) is 14.8. The summed E-state index contributed by atoms with van der Waals surface area (Å²) in [4.78, 5) is 0. The molecule has 4 heteroatoms. The van der Waals surface area contributed by atoms with Gasteiger partial charge in [0.05, 0.1) is 6.61 Å². The Morgan fingerprint density at radius 3 is 1.84 bits per heavy atom. The van der Waals surface area contributed by atoms with Gasteiger partial charge in [-0.05, 0) is 34.0 Å². The van der Waals surface area contributed by atoms with Crippen molar-refractivity contribution >= 4 is 18.7 Å². The quantitative estimate of drug-likeness (QED) is 0.501. The molecule has 0 aromatic heterocycles. The minimum atomic E-state index is -2.73. The number of aliphatic hydroxyl groups excluding tert-OH is 1. The van der Waals surface area contributed by atoms with E-state index in [0.717, 1.165) is 15.9 Å². The molecule has 0 fully saturated rings. The number of hydrogen-bond acceptors (Lipinski definition) is 2. The van der Waals surface area contributed by atoms with Crippen molar-refractivity contribution in [3.05, 3.63) is 108 Å². The summed E-state index contributed by atoms with van der Waals surface area (Å²) >= 11 is 0. The Hall–Kier alpha value is -2.53. The van der Waals surface area contributed by atoms with E-state index in [2.05, 4.69) is 45.0 Å². The molecule has 1 unspecified atom stereocenters. The van der Waals surface area contributed by atoms with Crippen LogP contribution in [0.4, 0.5) is 4.39 Å². The zero-order valence-corrected chi connectivity index (χ0v) is 19.7. The van der Waals surface area contributed by atoms with Gasteiger partial charge in [0.15, 0.2) is 0 Å². The maximum atomic E-state index is 14.8. The minimum Gasteiger partial charge on any atom is -0.404 e. The van der Waals surface area contributed by atoms with E-state index in [0.29, 0.717) is 5.56 Å². The summed E-state index contributed by atoms with van der Waals surface area (Å²) in [6.45, 7) is 8.59. The van der Waals surface area contributed by atoms with Crippen molar-refractivity contribution in [2.24, 2.45) is 0 Å². The van der Waals surface area contributed by atoms with Gasteiger partial charge in [0, 0.05) is 0 Å². The number of halogens is 1. The van der Waals surface area contributed by atoms with Crippen molar-refractivity contribution in [2.75, 3.05) is 6.61 Å². The Morgan fingerprint density at radius 2 is 1.39 bits per heavy atom. The summed E-state index contributed by atoms with van der Waals surface area (Å²) in [5, 5.41) is 12.5. The predicted octanol–water partition coefficient (Wildman–Crippen LogP) is 5.46. The van der Waals surface area contributed by atoms with Gasteiger partial charge in [0.1, 0.15) is 11.9 Å². The Bertz CT molecular complexity index is 953. The van der Waals surface area contributed by atoms with Crippen LogP contribution in [0.15, 0.2) is 96.8 Å². The second-order valence-electron chi connectivity index (χ2n) is 8.88. The molecular formula is C27H31FO2Si. The molecule has 0 saturated heterocycles. The number of rotatable bonds is 7. The molecule has 162 valence electrons. The average Bonchev–Trinajstić information content (AvgIpc) is 2.77. The highest BCUT2D eigenvalue weighted by Crippen LogP contribution is 2.37. The highest BCUT2D eigenvalue weighted by atomic mass is 28.4. The van der Waals surface area contributed by atoms with E-state index in [1.165, 1.54) is 6.08 Å². The lowest BCUT2D eigenvalue weighted by molar-refractivity contribution is 0.183. The van der Waals surface area contributed by atoms with Crippen molar-refractivity contribution in [3.8, 4) is 0 Å². The minimum absolute atomic E-state index is 0.0854. The lowest BCUT2D eigenvalue weighted by Crippen LogP contribution is -2.66. The lowest BCUT2D eigenvalue weighted by atomic mass is 10.1. The molecule has 3 aromatic carbocycles. The second kappa shape index (κ2) is 9.73. The first-order valence-electron chi connectivity index (χ1n) is 10.6. The van der Waals surface area contributed by atoms with Crippen LogP contribution in [0.1, 0.15) is 38.0 Å². The summed E-state index contributed by atoms with van der Waals surface area (Å²) in [5.74, 6) is -0.596. The zero-order chi connectivity index (χ0) is 22.5. The molecule has 0 heterocycles. The molecular weight excluding hydrogens is 403 g/mol. The van der Waals surface area contributed by atoms with E-state index in [9.17, 15) is 9.50 Å². The fourth-order valence-corrected chi connectivity index (χ4v) is 8.52. The third-order valence-electron chi connectivity index (χ3n) is 5.65. The second-order valence-corrected chi connectivity index (χ2v) is 13.2. The van der Waals surface area contributed by atoms with Crippen molar-refractivity contribution in [1.29, 1.82) is 0 Å². The first-order valence-corrected chi connectivity index (χ1v) is 12.5. The molecule has 0 amide bonds. The van der Waals surface area contributed by atoms with Crippen molar-refractivity contribution < 1.29 is 13.9 Å². The largest absolute Gasteiger partial charge is 0.404 e. The Kier molecular flexibility index (Phi) is 7.26. The first kappa shape index (κ1) is 23.1. The van der Waals surface area contributed by atoms with Gasteiger partial charge in [-0.2, -0.15) is 0 Å². The predicted molar refractivity (Wildman–Crippen MR) is 129 cm³/mol. The highest BCUT2D eigenvalue weighted by molar-refractivity contribution is 6.99. The fraction of sp³-hybridized carbons (Fsp3) is 0.259. The molecule has 0 aliphatic rings. The Balaban J connectivity index is 1.94. The van der Waals surface area contributed by atoms with Crippen LogP contribution >= 0.6 is 0 Å². The number of benzene rings is 3. The average molecular weight is 435 g/mol. The molecule has 31 heavy (non-hydrogen) atoms. The summed E-state index contributed by atoms with van der Waals surface area (Å²) in [6.07, 6.45) is 0.0764. The third-order valence-corrected chi connectivity index (χ3v) is 10.7. The van der Waals surface area contributed by atoms with E-state index >= 15 is 0 Å². The van der Waals surface area contributed by atoms with E-state index in [1.54, 1.807) is 12.1 Å². The molecule has 2 nitrogen and oxygen atoms in total. The van der Waals surface area contributed by atoms with Crippen LogP contribution in [0.25, 0.3) is 0 Å². The van der Waals surface area contributed by atoms with Gasteiger partial charge in [-0.15, -0.1) is 0 Å². The van der Waals surface area contributed by atoms with Crippen LogP contribution in [-0.2, 0) is 4.43 Å². The van der Waals surface area contributed by atoms with Gasteiger partial charge in [-0.3, -0.25) is 0 Å². The van der Waals surface area contributed by atoms with Gasteiger partial charge < -0.3 is 9.53 Å². The van der Waals surface area contributed by atoms with Gasteiger partial charge in [0.2, 0.25) is 0 Å². The Labute approximate surface area is 186 Å². The van der Waals surface area contributed by atoms with E-state index in [4.69, 9.17) is 4.43 Å². The molecule has 0 saturated carbocycles. The van der Waals surface area contributed by atoms with E-state index in [-0.39, 0.29) is 11.6 Å². The van der Waals surface area contributed by atoms with Crippen LogP contribution in [0, 0.1) is 6.92 Å². The fourth-order valence-electron chi connectivity index (χ4n) is 4.03. The number of aryl methyl sites for hydroxylation is 1. The highest BCUT2D eigenvalue weighted by Gasteiger charge is 2.49. The summed E-state index contributed by atoms with van der Waals surface area (Å²) < 4.78 is 21.5. The smallest absolute Gasteiger partial charge is 0.261 e. The van der Waals surface area contributed by atoms with Crippen LogP contribution < -0.4 is 10.4 Å². The van der Waals surface area contributed by atoms with Crippen LogP contribution in [0.2, 0.25) is 5.04 Å². The normalized spacial score (nSPS) is 13.8. The molecule has 0 aliphatic carbocycles. The zero-order valence-electron chi connectivity index (χ0n) is 18.7. The van der Waals surface area contributed by atoms with Crippen molar-refractivity contribution in [3.63, 3.8) is 0 Å². The monoisotopic (exact) mass is 434 g/mol. The molecule has 1 N–H and O–H groups in total. The van der Waals surface area contributed by atoms with Crippen LogP contribution in [-0.4, -0.2) is 20.0 Å². The standard InChI is InChI=1S/C27H31FO2Si/c1-21-15-17-22(18-16-21)26(29)25(28)19-20-30-31(27(2,3)4,23-11-7-5-8-12-23)24-13-9-6-10-14-24/h5-19,26,29H,20H2,1-4H3/b25-19+. The number of hydrogen-bond donors (Lipinski definition) is 1. The molecule has 0 radical (unpaired) electrons. The summed E-state index contributed by atoms with van der Waals surface area (Å²) in [6, 6.07) is 27.7. The molecule has 0 aliphatic heterocycles. The van der Waals surface area contributed by atoms with Gasteiger partial charge >= 0.3 is 0 Å². The molecule has 1 atom stereocenters. The van der Waals surface area contributed by atoms with Crippen molar-refractivity contribution in [1.82, 2.24) is 0 Å². The van der Waals surface area contributed by atoms with E-state index in [1.807, 2.05) is 55.5 Å². The Morgan fingerprint density at radius 1 is 0.903 bits per heavy atom.